The van der Waals surface area contributed by atoms with Crippen molar-refractivity contribution in [3.05, 3.63) is 65.4 Å². The van der Waals surface area contributed by atoms with Crippen molar-refractivity contribution in [3.63, 3.8) is 0 Å². The Morgan fingerprint density at radius 1 is 1.23 bits per heavy atom. The topological polar surface area (TPSA) is 104 Å². The van der Waals surface area contributed by atoms with Crippen molar-refractivity contribution < 1.29 is 19.4 Å². The number of aliphatic imine (C=N–C) groups is 1. The molecule has 8 heteroatoms. The first-order chi connectivity index (χ1) is 14.5. The number of amides is 1. The minimum Gasteiger partial charge on any atom is -0.508 e. The largest absolute Gasteiger partial charge is 0.508 e. The maximum Gasteiger partial charge on any atom is 0.328 e. The van der Waals surface area contributed by atoms with Crippen LogP contribution >= 0.6 is 12.4 Å². The number of carbonyl (C=O) groups excluding carboxylic acids is 2. The summed E-state index contributed by atoms with van der Waals surface area (Å²) in [6.07, 6.45) is 2.40. The number of phenolic OH excluding ortho intramolecular Hbond substituents is 1. The lowest BCUT2D eigenvalue weighted by Crippen LogP contribution is -2.47. The number of aromatic amines is 1. The van der Waals surface area contributed by atoms with Gasteiger partial charge in [0.15, 0.2) is 0 Å². The molecule has 162 valence electrons. The second kappa shape index (κ2) is 9.66. The van der Waals surface area contributed by atoms with Crippen LogP contribution in [0.25, 0.3) is 10.9 Å². The van der Waals surface area contributed by atoms with Crippen LogP contribution in [0.1, 0.15) is 23.7 Å². The second-order valence-corrected chi connectivity index (χ2v) is 7.24. The number of hydrogen-bond donors (Lipinski definition) is 3. The Balaban J connectivity index is 0.00000272. The SMILES string of the molecule is CCOC(=O)C(Cc1ccc(O)cc1)NC(=O)C1Cc2c([nH]c3ccccc23)C=N1.Cl. The van der Waals surface area contributed by atoms with Crippen molar-refractivity contribution in [2.75, 3.05) is 6.61 Å². The number of carbonyl (C=O) groups is 2. The van der Waals surface area contributed by atoms with Crippen molar-refractivity contribution in [1.82, 2.24) is 10.3 Å². The Hall–Kier alpha value is -3.32. The van der Waals surface area contributed by atoms with Gasteiger partial charge in [0.1, 0.15) is 17.8 Å². The Kier molecular flexibility index (Phi) is 6.97. The van der Waals surface area contributed by atoms with Gasteiger partial charge in [-0.1, -0.05) is 30.3 Å². The van der Waals surface area contributed by atoms with Crippen molar-refractivity contribution in [2.24, 2.45) is 4.99 Å². The van der Waals surface area contributed by atoms with Crippen LogP contribution in [0.2, 0.25) is 0 Å². The molecule has 1 amide bonds. The molecule has 0 radical (unpaired) electrons. The number of nitrogens with one attached hydrogen (secondary N) is 2. The zero-order valence-corrected chi connectivity index (χ0v) is 17.8. The quantitative estimate of drug-likeness (QED) is 0.511. The lowest BCUT2D eigenvalue weighted by atomic mass is 9.99. The van der Waals surface area contributed by atoms with Crippen LogP contribution in [0.15, 0.2) is 53.5 Å². The number of aromatic hydroxyl groups is 1. The molecule has 1 aliphatic rings. The van der Waals surface area contributed by atoms with Gasteiger partial charge >= 0.3 is 5.97 Å². The standard InChI is InChI=1S/C23H23N3O4.ClH/c1-2-30-23(29)20(11-14-7-9-15(27)10-8-14)26-22(28)19-12-17-16-5-3-4-6-18(16)25-21(17)13-24-19;/h3-10,13,19-20,25,27H,2,11-12H2,1H3,(H,26,28);1H. The van der Waals surface area contributed by atoms with Crippen LogP contribution in [-0.4, -0.2) is 46.9 Å². The molecular weight excluding hydrogens is 418 g/mol. The Labute approximate surface area is 185 Å². The third-order valence-electron chi connectivity index (χ3n) is 5.19. The molecule has 7 nitrogen and oxygen atoms in total. The first-order valence-corrected chi connectivity index (χ1v) is 9.93. The fraction of sp³-hybridized carbons (Fsp3) is 0.261. The molecule has 31 heavy (non-hydrogen) atoms. The van der Waals surface area contributed by atoms with Crippen molar-refractivity contribution >= 4 is 41.4 Å². The van der Waals surface area contributed by atoms with Gasteiger partial charge in [-0.25, -0.2) is 4.79 Å². The number of rotatable bonds is 6. The van der Waals surface area contributed by atoms with E-state index in [9.17, 15) is 14.7 Å². The van der Waals surface area contributed by atoms with E-state index >= 15 is 0 Å². The van der Waals surface area contributed by atoms with Gasteiger partial charge in [-0.3, -0.25) is 9.79 Å². The number of ether oxygens (including phenoxy) is 1. The van der Waals surface area contributed by atoms with Gasteiger partial charge in [0.2, 0.25) is 5.91 Å². The number of para-hydroxylation sites is 1. The highest BCUT2D eigenvalue weighted by atomic mass is 35.5. The van der Waals surface area contributed by atoms with Gasteiger partial charge in [0.25, 0.3) is 0 Å². The molecule has 0 fully saturated rings. The average molecular weight is 442 g/mol. The monoisotopic (exact) mass is 441 g/mol. The molecule has 0 saturated heterocycles. The van der Waals surface area contributed by atoms with Gasteiger partial charge in [-0.05, 0) is 36.2 Å². The smallest absolute Gasteiger partial charge is 0.328 e. The molecule has 2 atom stereocenters. The van der Waals surface area contributed by atoms with Crippen molar-refractivity contribution in [3.8, 4) is 5.75 Å². The molecular formula is C23H24ClN3O4. The lowest BCUT2D eigenvalue weighted by Gasteiger charge is -2.21. The third kappa shape index (κ3) is 4.88. The number of fused-ring (bicyclic) bond motifs is 3. The van der Waals surface area contributed by atoms with Gasteiger partial charge in [-0.15, -0.1) is 12.4 Å². The molecule has 2 aromatic carbocycles. The summed E-state index contributed by atoms with van der Waals surface area (Å²) in [4.78, 5) is 33.1. The number of hydrogen-bond acceptors (Lipinski definition) is 5. The fourth-order valence-corrected chi connectivity index (χ4v) is 3.69. The van der Waals surface area contributed by atoms with Crippen LogP contribution in [-0.2, 0) is 27.2 Å². The molecule has 3 aromatic rings. The zero-order valence-electron chi connectivity index (χ0n) is 17.0. The number of esters is 1. The summed E-state index contributed by atoms with van der Waals surface area (Å²) in [6, 6.07) is 13.0. The highest BCUT2D eigenvalue weighted by Crippen LogP contribution is 2.26. The molecule has 1 aliphatic heterocycles. The highest BCUT2D eigenvalue weighted by Gasteiger charge is 2.29. The van der Waals surface area contributed by atoms with Crippen LogP contribution in [0.5, 0.6) is 5.75 Å². The summed E-state index contributed by atoms with van der Waals surface area (Å²) < 4.78 is 5.14. The van der Waals surface area contributed by atoms with Gasteiger partial charge < -0.3 is 20.1 Å². The number of H-pyrrole nitrogens is 1. The van der Waals surface area contributed by atoms with E-state index in [4.69, 9.17) is 4.74 Å². The van der Waals surface area contributed by atoms with Crippen molar-refractivity contribution in [2.45, 2.75) is 31.8 Å². The molecule has 2 unspecified atom stereocenters. The fourth-order valence-electron chi connectivity index (χ4n) is 3.69. The molecule has 0 aliphatic carbocycles. The zero-order chi connectivity index (χ0) is 21.1. The van der Waals surface area contributed by atoms with Crippen LogP contribution < -0.4 is 5.32 Å². The molecule has 1 aromatic heterocycles. The van der Waals surface area contributed by atoms with E-state index in [1.807, 2.05) is 24.3 Å². The van der Waals surface area contributed by atoms with Gasteiger partial charge in [0, 0.05) is 30.0 Å². The summed E-state index contributed by atoms with van der Waals surface area (Å²) in [6.45, 7) is 1.95. The summed E-state index contributed by atoms with van der Waals surface area (Å²) in [5.41, 5.74) is 3.77. The summed E-state index contributed by atoms with van der Waals surface area (Å²) in [5.74, 6) is -0.674. The minimum atomic E-state index is -0.832. The average Bonchev–Trinajstić information content (AvgIpc) is 3.13. The molecule has 0 saturated carbocycles. The van der Waals surface area contributed by atoms with E-state index in [2.05, 4.69) is 15.3 Å². The third-order valence-corrected chi connectivity index (χ3v) is 5.19. The number of phenols is 1. The molecule has 4 rings (SSSR count). The Morgan fingerprint density at radius 2 is 1.97 bits per heavy atom. The van der Waals surface area contributed by atoms with Gasteiger partial charge in [0.05, 0.1) is 12.3 Å². The first-order valence-electron chi connectivity index (χ1n) is 9.93. The van der Waals surface area contributed by atoms with Crippen LogP contribution in [0.3, 0.4) is 0 Å². The van der Waals surface area contributed by atoms with E-state index in [-0.39, 0.29) is 37.1 Å². The van der Waals surface area contributed by atoms with E-state index < -0.39 is 18.1 Å². The number of benzene rings is 2. The highest BCUT2D eigenvalue weighted by molar-refractivity contribution is 5.98. The summed E-state index contributed by atoms with van der Waals surface area (Å²) >= 11 is 0. The maximum atomic E-state index is 12.9. The number of halogens is 1. The molecule has 0 spiro atoms. The normalized spacial score (nSPS) is 15.6. The van der Waals surface area contributed by atoms with E-state index in [1.54, 1.807) is 37.4 Å². The van der Waals surface area contributed by atoms with Crippen molar-refractivity contribution in [1.29, 1.82) is 0 Å². The van der Waals surface area contributed by atoms with Crippen LogP contribution in [0, 0.1) is 0 Å². The van der Waals surface area contributed by atoms with Gasteiger partial charge in [-0.2, -0.15) is 0 Å². The van der Waals surface area contributed by atoms with E-state index in [0.717, 1.165) is 27.7 Å². The number of nitrogens with zero attached hydrogens (tertiary/aromatic N) is 1. The predicted molar refractivity (Wildman–Crippen MR) is 121 cm³/mol. The van der Waals surface area contributed by atoms with Crippen LogP contribution in [0.4, 0.5) is 0 Å². The van der Waals surface area contributed by atoms with E-state index in [0.29, 0.717) is 6.42 Å². The Bertz CT molecular complexity index is 1110. The molecule has 2 heterocycles. The first kappa shape index (κ1) is 22.4. The molecule has 3 N–H and O–H groups in total. The molecule has 0 bridgehead atoms. The summed E-state index contributed by atoms with van der Waals surface area (Å²) in [5, 5.41) is 13.3. The lowest BCUT2D eigenvalue weighted by molar-refractivity contribution is -0.147. The minimum absolute atomic E-state index is 0. The Morgan fingerprint density at radius 3 is 2.71 bits per heavy atom. The van der Waals surface area contributed by atoms with E-state index in [1.165, 1.54) is 0 Å². The summed E-state index contributed by atoms with van der Waals surface area (Å²) in [7, 11) is 0. The number of aromatic nitrogens is 1. The maximum absolute atomic E-state index is 12.9. The second-order valence-electron chi connectivity index (χ2n) is 7.24. The predicted octanol–water partition coefficient (Wildman–Crippen LogP) is 2.93.